The van der Waals surface area contributed by atoms with Crippen LogP contribution in [0.3, 0.4) is 0 Å². The zero-order valence-electron chi connectivity index (χ0n) is 12.0. The van der Waals surface area contributed by atoms with Gasteiger partial charge < -0.3 is 10.6 Å². The van der Waals surface area contributed by atoms with E-state index in [1.54, 1.807) is 0 Å². The number of hydrogen-bond acceptors (Lipinski definition) is 2. The normalized spacial score (nSPS) is 16.5. The van der Waals surface area contributed by atoms with Crippen molar-refractivity contribution in [1.29, 1.82) is 0 Å². The number of carbonyl (C=O) groups is 1. The summed E-state index contributed by atoms with van der Waals surface area (Å²) in [4.78, 5) is 12.0. The first-order chi connectivity index (χ1) is 9.65. The van der Waals surface area contributed by atoms with Gasteiger partial charge in [-0.1, -0.05) is 31.7 Å². The minimum absolute atomic E-state index is 0.0874. The van der Waals surface area contributed by atoms with Crippen LogP contribution in [-0.2, 0) is 4.79 Å². The third-order valence-electron chi connectivity index (χ3n) is 3.78. The fourth-order valence-corrected chi connectivity index (χ4v) is 3.27. The number of anilines is 1. The number of amides is 1. The molecule has 0 radical (unpaired) electrons. The molecule has 1 aromatic rings. The predicted octanol–water partition coefficient (Wildman–Crippen LogP) is 4.01. The number of rotatable bonds is 4. The molecule has 0 bridgehead atoms. The lowest BCUT2D eigenvalue weighted by Crippen LogP contribution is -2.38. The van der Waals surface area contributed by atoms with Crippen LogP contribution in [0.2, 0.25) is 0 Å². The van der Waals surface area contributed by atoms with E-state index in [-0.39, 0.29) is 5.91 Å². The SMILES string of the molecule is Cc1ccc(NCC(=O)NC2CCCCCC2)c(Br)c1. The Morgan fingerprint density at radius 3 is 2.60 bits per heavy atom. The van der Waals surface area contributed by atoms with Crippen molar-refractivity contribution in [2.75, 3.05) is 11.9 Å². The topological polar surface area (TPSA) is 41.1 Å². The van der Waals surface area contributed by atoms with Gasteiger partial charge >= 0.3 is 0 Å². The predicted molar refractivity (Wildman–Crippen MR) is 87.0 cm³/mol. The van der Waals surface area contributed by atoms with Crippen molar-refractivity contribution < 1.29 is 4.79 Å². The van der Waals surface area contributed by atoms with Gasteiger partial charge in [-0.25, -0.2) is 0 Å². The van der Waals surface area contributed by atoms with Gasteiger partial charge in [-0.05, 0) is 53.4 Å². The molecule has 1 fully saturated rings. The maximum atomic E-state index is 12.0. The minimum atomic E-state index is 0.0874. The van der Waals surface area contributed by atoms with E-state index < -0.39 is 0 Å². The molecule has 2 N–H and O–H groups in total. The van der Waals surface area contributed by atoms with Gasteiger partial charge in [0.05, 0.1) is 6.54 Å². The fraction of sp³-hybridized carbons (Fsp3) is 0.562. The van der Waals surface area contributed by atoms with Gasteiger partial charge in [-0.3, -0.25) is 4.79 Å². The van der Waals surface area contributed by atoms with Crippen LogP contribution in [0.1, 0.15) is 44.1 Å². The molecule has 0 atom stereocenters. The van der Waals surface area contributed by atoms with Gasteiger partial charge in [0.1, 0.15) is 0 Å². The second-order valence-corrected chi connectivity index (χ2v) is 6.45. The highest BCUT2D eigenvalue weighted by Gasteiger charge is 2.14. The van der Waals surface area contributed by atoms with E-state index in [9.17, 15) is 4.79 Å². The lowest BCUT2D eigenvalue weighted by molar-refractivity contribution is -0.120. The molecule has 1 amide bonds. The Kier molecular flexibility index (Phi) is 5.89. The van der Waals surface area contributed by atoms with Crippen LogP contribution < -0.4 is 10.6 Å². The van der Waals surface area contributed by atoms with E-state index in [0.717, 1.165) is 23.0 Å². The van der Waals surface area contributed by atoms with Crippen LogP contribution in [0.4, 0.5) is 5.69 Å². The Hall–Kier alpha value is -1.03. The average molecular weight is 339 g/mol. The molecule has 4 heteroatoms. The van der Waals surface area contributed by atoms with E-state index in [1.807, 2.05) is 25.1 Å². The highest BCUT2D eigenvalue weighted by Crippen LogP contribution is 2.23. The Labute approximate surface area is 129 Å². The lowest BCUT2D eigenvalue weighted by Gasteiger charge is -2.17. The number of hydrogen-bond donors (Lipinski definition) is 2. The summed E-state index contributed by atoms with van der Waals surface area (Å²) in [6, 6.07) is 6.45. The van der Waals surface area contributed by atoms with Crippen LogP contribution in [0, 0.1) is 6.92 Å². The third kappa shape index (κ3) is 4.82. The van der Waals surface area contributed by atoms with Crippen LogP contribution in [-0.4, -0.2) is 18.5 Å². The van der Waals surface area contributed by atoms with E-state index in [2.05, 4.69) is 26.6 Å². The summed E-state index contributed by atoms with van der Waals surface area (Å²) in [6.07, 6.45) is 7.34. The quantitative estimate of drug-likeness (QED) is 0.814. The molecule has 0 saturated heterocycles. The number of carbonyl (C=O) groups excluding carboxylic acids is 1. The number of benzene rings is 1. The second kappa shape index (κ2) is 7.67. The van der Waals surface area contributed by atoms with E-state index in [0.29, 0.717) is 12.6 Å². The van der Waals surface area contributed by atoms with Crippen molar-refractivity contribution in [1.82, 2.24) is 5.32 Å². The van der Waals surface area contributed by atoms with Crippen LogP contribution in [0.15, 0.2) is 22.7 Å². The molecule has 0 aliphatic heterocycles. The zero-order valence-corrected chi connectivity index (χ0v) is 13.6. The summed E-state index contributed by atoms with van der Waals surface area (Å²) in [5, 5.41) is 6.33. The van der Waals surface area contributed by atoms with Crippen molar-refractivity contribution in [2.45, 2.75) is 51.5 Å². The number of aryl methyl sites for hydroxylation is 1. The van der Waals surface area contributed by atoms with Crippen LogP contribution >= 0.6 is 15.9 Å². The Bertz CT molecular complexity index is 454. The van der Waals surface area contributed by atoms with Gasteiger partial charge in [-0.2, -0.15) is 0 Å². The van der Waals surface area contributed by atoms with Crippen molar-refractivity contribution >= 4 is 27.5 Å². The Morgan fingerprint density at radius 2 is 1.95 bits per heavy atom. The number of halogens is 1. The van der Waals surface area contributed by atoms with Gasteiger partial charge in [0.25, 0.3) is 0 Å². The third-order valence-corrected chi connectivity index (χ3v) is 4.44. The summed E-state index contributed by atoms with van der Waals surface area (Å²) in [5.74, 6) is 0.0874. The molecular formula is C16H23BrN2O. The molecule has 110 valence electrons. The highest BCUT2D eigenvalue weighted by molar-refractivity contribution is 9.10. The van der Waals surface area contributed by atoms with Gasteiger partial charge in [0.15, 0.2) is 0 Å². The lowest BCUT2D eigenvalue weighted by atomic mass is 10.1. The largest absolute Gasteiger partial charge is 0.375 e. The average Bonchev–Trinajstić information content (AvgIpc) is 2.66. The minimum Gasteiger partial charge on any atom is -0.375 e. The first-order valence-electron chi connectivity index (χ1n) is 7.44. The smallest absolute Gasteiger partial charge is 0.239 e. The summed E-state index contributed by atoms with van der Waals surface area (Å²) < 4.78 is 1.000. The van der Waals surface area contributed by atoms with Crippen molar-refractivity contribution in [3.8, 4) is 0 Å². The van der Waals surface area contributed by atoms with E-state index in [4.69, 9.17) is 0 Å². The molecule has 0 unspecified atom stereocenters. The first kappa shape index (κ1) is 15.4. The van der Waals surface area contributed by atoms with Crippen LogP contribution in [0.5, 0.6) is 0 Å². The molecule has 1 aliphatic rings. The molecule has 0 spiro atoms. The van der Waals surface area contributed by atoms with Gasteiger partial charge in [0.2, 0.25) is 5.91 Å². The van der Waals surface area contributed by atoms with Gasteiger partial charge in [0, 0.05) is 16.2 Å². The second-order valence-electron chi connectivity index (χ2n) is 5.59. The molecule has 20 heavy (non-hydrogen) atoms. The van der Waals surface area contributed by atoms with E-state index >= 15 is 0 Å². The summed E-state index contributed by atoms with van der Waals surface area (Å²) in [7, 11) is 0. The standard InChI is InChI=1S/C16H23BrN2O/c1-12-8-9-15(14(17)10-12)18-11-16(20)19-13-6-4-2-3-5-7-13/h8-10,13,18H,2-7,11H2,1H3,(H,19,20). The van der Waals surface area contributed by atoms with Crippen molar-refractivity contribution in [3.05, 3.63) is 28.2 Å². The molecule has 3 nitrogen and oxygen atoms in total. The Morgan fingerprint density at radius 1 is 1.25 bits per heavy atom. The Balaban J connectivity index is 1.79. The molecule has 1 aliphatic carbocycles. The molecule has 2 rings (SSSR count). The fourth-order valence-electron chi connectivity index (χ4n) is 2.64. The summed E-state index contributed by atoms with van der Waals surface area (Å²) in [6.45, 7) is 2.38. The molecule has 0 aromatic heterocycles. The van der Waals surface area contributed by atoms with Gasteiger partial charge in [-0.15, -0.1) is 0 Å². The number of nitrogens with one attached hydrogen (secondary N) is 2. The van der Waals surface area contributed by atoms with Crippen molar-refractivity contribution in [2.24, 2.45) is 0 Å². The molecular weight excluding hydrogens is 316 g/mol. The zero-order chi connectivity index (χ0) is 14.4. The monoisotopic (exact) mass is 338 g/mol. The van der Waals surface area contributed by atoms with Crippen molar-refractivity contribution in [3.63, 3.8) is 0 Å². The molecule has 0 heterocycles. The highest BCUT2D eigenvalue weighted by atomic mass is 79.9. The maximum Gasteiger partial charge on any atom is 0.239 e. The van der Waals surface area contributed by atoms with Crippen LogP contribution in [0.25, 0.3) is 0 Å². The molecule has 1 aromatic carbocycles. The molecule has 1 saturated carbocycles. The summed E-state index contributed by atoms with van der Waals surface area (Å²) in [5.41, 5.74) is 2.16. The van der Waals surface area contributed by atoms with E-state index in [1.165, 1.54) is 31.2 Å². The maximum absolute atomic E-state index is 12.0. The first-order valence-corrected chi connectivity index (χ1v) is 8.24. The summed E-state index contributed by atoms with van der Waals surface area (Å²) >= 11 is 3.51.